The Hall–Kier alpha value is -5.22. The second-order valence-corrected chi connectivity index (χ2v) is 10.2. The number of rotatable bonds is 8. The van der Waals surface area contributed by atoms with E-state index in [0.29, 0.717) is 11.4 Å². The smallest absolute Gasteiger partial charge is 0.335 e. The summed E-state index contributed by atoms with van der Waals surface area (Å²) >= 11 is 0. The molecule has 0 bridgehead atoms. The zero-order chi connectivity index (χ0) is 27.4. The molecule has 0 heterocycles. The Balaban J connectivity index is 1.51. The van der Waals surface area contributed by atoms with Crippen LogP contribution in [0.1, 0.15) is 10.4 Å². The van der Waals surface area contributed by atoms with Crippen molar-refractivity contribution in [3.63, 3.8) is 0 Å². The van der Waals surface area contributed by atoms with Gasteiger partial charge in [0.1, 0.15) is 17.1 Å². The van der Waals surface area contributed by atoms with Gasteiger partial charge in [-0.2, -0.15) is 0 Å². The van der Waals surface area contributed by atoms with Gasteiger partial charge in [0.15, 0.2) is 0 Å². The summed E-state index contributed by atoms with van der Waals surface area (Å²) < 4.78 is 28.4. The van der Waals surface area contributed by atoms with E-state index in [1.807, 2.05) is 66.7 Å². The van der Waals surface area contributed by atoms with Crippen molar-refractivity contribution < 1.29 is 23.4 Å². The number of phenols is 1. The maximum Gasteiger partial charge on any atom is 0.335 e. The Morgan fingerprint density at radius 1 is 0.744 bits per heavy atom. The van der Waals surface area contributed by atoms with Crippen LogP contribution in [0.25, 0.3) is 10.8 Å². The van der Waals surface area contributed by atoms with E-state index in [-0.39, 0.29) is 27.6 Å². The van der Waals surface area contributed by atoms with Gasteiger partial charge in [-0.3, -0.25) is 4.72 Å². The highest BCUT2D eigenvalue weighted by Gasteiger charge is 2.18. The van der Waals surface area contributed by atoms with Gasteiger partial charge in [-0.05, 0) is 60.0 Å². The van der Waals surface area contributed by atoms with Crippen LogP contribution in [-0.4, -0.2) is 24.6 Å². The fourth-order valence-corrected chi connectivity index (χ4v) is 4.99. The molecule has 0 amide bonds. The number of aromatic hydroxyl groups is 1. The molecular formula is C29H22N4O5S. The van der Waals surface area contributed by atoms with E-state index in [1.54, 1.807) is 0 Å². The summed E-state index contributed by atoms with van der Waals surface area (Å²) in [5.74, 6) is -1.44. The molecule has 0 radical (unpaired) electrons. The second-order valence-electron chi connectivity index (χ2n) is 8.52. The minimum absolute atomic E-state index is 0.0595. The molecule has 5 rings (SSSR count). The molecular weight excluding hydrogens is 516 g/mol. The number of nitrogens with one attached hydrogen (secondary N) is 2. The van der Waals surface area contributed by atoms with Crippen molar-refractivity contribution in [2.75, 3.05) is 10.0 Å². The number of sulfonamides is 1. The number of hydrogen-bond acceptors (Lipinski definition) is 7. The molecule has 0 atom stereocenters. The van der Waals surface area contributed by atoms with Crippen LogP contribution in [0.15, 0.2) is 124 Å². The highest BCUT2D eigenvalue weighted by atomic mass is 32.2. The molecule has 39 heavy (non-hydrogen) atoms. The van der Waals surface area contributed by atoms with Crippen LogP contribution >= 0.6 is 0 Å². The van der Waals surface area contributed by atoms with E-state index in [1.165, 1.54) is 42.5 Å². The molecule has 5 aromatic carbocycles. The van der Waals surface area contributed by atoms with Gasteiger partial charge in [0.25, 0.3) is 10.0 Å². The predicted molar refractivity (Wildman–Crippen MR) is 150 cm³/mol. The number of carboxylic acids is 1. The number of benzene rings is 5. The van der Waals surface area contributed by atoms with E-state index in [4.69, 9.17) is 0 Å². The number of fused-ring (bicyclic) bond motifs is 1. The van der Waals surface area contributed by atoms with Crippen LogP contribution in [0.4, 0.5) is 28.4 Å². The number of azo groups is 1. The Morgan fingerprint density at radius 2 is 1.49 bits per heavy atom. The van der Waals surface area contributed by atoms with Gasteiger partial charge >= 0.3 is 5.97 Å². The average molecular weight is 539 g/mol. The summed E-state index contributed by atoms with van der Waals surface area (Å²) in [6.07, 6.45) is 0. The van der Waals surface area contributed by atoms with Crippen molar-refractivity contribution in [3.8, 4) is 5.75 Å². The first-order chi connectivity index (χ1) is 18.8. The van der Waals surface area contributed by atoms with Crippen molar-refractivity contribution in [1.82, 2.24) is 0 Å². The SMILES string of the molecule is O=C(O)c1cccc(NS(=O)(=O)c2ccc(O)c(N=Nc3c(Nc4ccccc4)ccc4ccccc34)c2)c1. The molecule has 9 nitrogen and oxygen atoms in total. The molecule has 0 fully saturated rings. The van der Waals surface area contributed by atoms with Crippen molar-refractivity contribution >= 4 is 55.2 Å². The van der Waals surface area contributed by atoms with Crippen LogP contribution in [0.5, 0.6) is 5.75 Å². The van der Waals surface area contributed by atoms with Gasteiger partial charge in [-0.15, -0.1) is 10.2 Å². The van der Waals surface area contributed by atoms with E-state index >= 15 is 0 Å². The summed E-state index contributed by atoms with van der Waals surface area (Å²) in [5, 5.41) is 33.3. The van der Waals surface area contributed by atoms with Gasteiger partial charge in [-0.1, -0.05) is 54.6 Å². The Bertz CT molecular complexity index is 1820. The first-order valence-electron chi connectivity index (χ1n) is 11.7. The normalized spacial score (nSPS) is 11.5. The molecule has 0 saturated carbocycles. The highest BCUT2D eigenvalue weighted by molar-refractivity contribution is 7.92. The predicted octanol–water partition coefficient (Wildman–Crippen LogP) is 7.20. The fourth-order valence-electron chi connectivity index (χ4n) is 3.92. The summed E-state index contributed by atoms with van der Waals surface area (Å²) in [7, 11) is -4.13. The minimum Gasteiger partial charge on any atom is -0.506 e. The number of carbonyl (C=O) groups is 1. The van der Waals surface area contributed by atoms with Crippen molar-refractivity contribution in [1.29, 1.82) is 0 Å². The number of phenolic OH excluding ortho intramolecular Hbond substituents is 1. The quantitative estimate of drug-likeness (QED) is 0.154. The first-order valence-corrected chi connectivity index (χ1v) is 13.2. The summed E-state index contributed by atoms with van der Waals surface area (Å²) in [6.45, 7) is 0. The Morgan fingerprint density at radius 3 is 2.28 bits per heavy atom. The number of hydrogen-bond donors (Lipinski definition) is 4. The number of para-hydroxylation sites is 1. The maximum atomic E-state index is 13.0. The lowest BCUT2D eigenvalue weighted by Crippen LogP contribution is -2.13. The third kappa shape index (κ3) is 5.71. The highest BCUT2D eigenvalue weighted by Crippen LogP contribution is 2.38. The van der Waals surface area contributed by atoms with E-state index in [9.17, 15) is 23.4 Å². The summed E-state index contributed by atoms with van der Waals surface area (Å²) in [5.41, 5.74) is 1.98. The third-order valence-corrected chi connectivity index (χ3v) is 7.21. The number of carboxylic acid groups (broad SMARTS) is 1. The molecule has 0 saturated heterocycles. The molecule has 0 unspecified atom stereocenters. The van der Waals surface area contributed by atoms with Gasteiger partial charge in [0.2, 0.25) is 0 Å². The average Bonchev–Trinajstić information content (AvgIpc) is 2.93. The molecule has 0 aliphatic carbocycles. The molecule has 194 valence electrons. The standard InChI is InChI=1S/C29H22N4O5S/c34-27-16-14-23(39(37,38)33-22-11-6-8-20(17-22)29(35)36)18-26(27)31-32-28-24-12-5-4-7-19(24)13-15-25(28)30-21-9-2-1-3-10-21/h1-18,30,33-34H,(H,35,36). The lowest BCUT2D eigenvalue weighted by Gasteiger charge is -2.12. The van der Waals surface area contributed by atoms with Gasteiger partial charge < -0.3 is 15.5 Å². The van der Waals surface area contributed by atoms with Crippen LogP contribution < -0.4 is 10.0 Å². The molecule has 0 aromatic heterocycles. The minimum atomic E-state index is -4.13. The van der Waals surface area contributed by atoms with Crippen molar-refractivity contribution in [3.05, 3.63) is 115 Å². The first kappa shape index (κ1) is 25.4. The second kappa shape index (κ2) is 10.6. The van der Waals surface area contributed by atoms with E-state index in [2.05, 4.69) is 20.3 Å². The summed E-state index contributed by atoms with van der Waals surface area (Å²) in [4.78, 5) is 11.1. The zero-order valence-electron chi connectivity index (χ0n) is 20.3. The number of aromatic carboxylic acids is 1. The zero-order valence-corrected chi connectivity index (χ0v) is 21.1. The van der Waals surface area contributed by atoms with Crippen LogP contribution in [-0.2, 0) is 10.0 Å². The molecule has 4 N–H and O–H groups in total. The van der Waals surface area contributed by atoms with Crippen LogP contribution in [0.3, 0.4) is 0 Å². The number of nitrogens with zero attached hydrogens (tertiary/aromatic N) is 2. The lowest BCUT2D eigenvalue weighted by atomic mass is 10.1. The van der Waals surface area contributed by atoms with E-state index in [0.717, 1.165) is 16.5 Å². The maximum absolute atomic E-state index is 13.0. The molecule has 5 aromatic rings. The largest absolute Gasteiger partial charge is 0.506 e. The molecule has 0 aliphatic heterocycles. The fraction of sp³-hybridized carbons (Fsp3) is 0. The van der Waals surface area contributed by atoms with Crippen LogP contribution in [0, 0.1) is 0 Å². The summed E-state index contributed by atoms with van der Waals surface area (Å²) in [6, 6.07) is 30.1. The van der Waals surface area contributed by atoms with Gasteiger partial charge in [-0.25, -0.2) is 13.2 Å². The van der Waals surface area contributed by atoms with Crippen LogP contribution in [0.2, 0.25) is 0 Å². The molecule has 0 aliphatic rings. The molecule has 0 spiro atoms. The topological polar surface area (TPSA) is 140 Å². The monoisotopic (exact) mass is 538 g/mol. The van der Waals surface area contributed by atoms with Gasteiger partial charge in [0, 0.05) is 16.8 Å². The third-order valence-electron chi connectivity index (χ3n) is 5.83. The number of anilines is 3. The van der Waals surface area contributed by atoms with Crippen molar-refractivity contribution in [2.24, 2.45) is 10.2 Å². The molecule has 10 heteroatoms. The Labute approximate surface area is 224 Å². The van der Waals surface area contributed by atoms with Gasteiger partial charge in [0.05, 0.1) is 16.1 Å². The lowest BCUT2D eigenvalue weighted by molar-refractivity contribution is 0.0697. The van der Waals surface area contributed by atoms with E-state index < -0.39 is 16.0 Å². The van der Waals surface area contributed by atoms with Crippen molar-refractivity contribution in [2.45, 2.75) is 4.90 Å². The Kier molecular flexibility index (Phi) is 6.94.